The van der Waals surface area contributed by atoms with Gasteiger partial charge in [0.2, 0.25) is 0 Å². The minimum Gasteiger partial charge on any atom is -0.303 e. The van der Waals surface area contributed by atoms with Crippen molar-refractivity contribution in [3.63, 3.8) is 0 Å². The molecule has 0 amide bonds. The van der Waals surface area contributed by atoms with Gasteiger partial charge in [-0.3, -0.25) is 0 Å². The molecule has 0 aliphatic heterocycles. The van der Waals surface area contributed by atoms with Crippen molar-refractivity contribution in [2.75, 3.05) is 0 Å². The van der Waals surface area contributed by atoms with E-state index in [9.17, 15) is 4.79 Å². The van der Waals surface area contributed by atoms with Gasteiger partial charge in [0.05, 0.1) is 0 Å². The third-order valence-electron chi connectivity index (χ3n) is 0.643. The fourth-order valence-electron chi connectivity index (χ4n) is 0.287. The van der Waals surface area contributed by atoms with Crippen molar-refractivity contribution in [1.82, 2.24) is 0 Å². The molecule has 0 fully saturated rings. The predicted molar refractivity (Wildman–Crippen MR) is 30.2 cm³/mol. The van der Waals surface area contributed by atoms with E-state index in [1.54, 1.807) is 0 Å². The maximum Gasteiger partial charge on any atom is 0.119 e. The Labute approximate surface area is 50.3 Å². The molecule has 0 saturated heterocycles. The molecule has 0 aliphatic carbocycles. The van der Waals surface area contributed by atoms with Gasteiger partial charge in [0.1, 0.15) is 6.29 Å². The second-order valence-electron chi connectivity index (χ2n) is 1.26. The zero-order valence-corrected chi connectivity index (χ0v) is 4.18. The summed E-state index contributed by atoms with van der Waals surface area (Å²) in [5.74, 6) is 0. The summed E-state index contributed by atoms with van der Waals surface area (Å²) in [7, 11) is 0. The first-order valence-electron chi connectivity index (χ1n) is 4.44. The van der Waals surface area contributed by atoms with Crippen molar-refractivity contribution >= 4 is 6.29 Å². The first-order chi connectivity index (χ1) is 5.00. The number of hydrogen-bond acceptors (Lipinski definition) is 1. The molecular weight excluding hydrogens is 88.1 g/mol. The predicted octanol–water partition coefficient (Wildman–Crippen LogP) is 1.77. The molecule has 0 aromatic carbocycles. The van der Waals surface area contributed by atoms with E-state index in [1.807, 2.05) is 0 Å². The van der Waals surface area contributed by atoms with Crippen LogP contribution in [0, 0.1) is 0 Å². The number of aldehydes is 1. The Morgan fingerprint density at radius 2 is 2.71 bits per heavy atom. The number of rotatable bonds is 4. The number of carbonyl (C=O) groups is 1. The summed E-state index contributed by atoms with van der Waals surface area (Å²) < 4.78 is 27.9. The van der Waals surface area contributed by atoms with Crippen LogP contribution in [0.25, 0.3) is 0 Å². The maximum absolute atomic E-state index is 9.84. The standard InChI is InChI=1S/C6H12O/c1-2-3-4-5-6-7/h6H,2-5H2,1H3/i1D2,2D2. The van der Waals surface area contributed by atoms with Crippen molar-refractivity contribution in [3.8, 4) is 0 Å². The van der Waals surface area contributed by atoms with Gasteiger partial charge in [0.15, 0.2) is 0 Å². The van der Waals surface area contributed by atoms with Gasteiger partial charge in [-0.15, -0.1) is 0 Å². The summed E-state index contributed by atoms with van der Waals surface area (Å²) in [6.07, 6.45) is -0.206. The lowest BCUT2D eigenvalue weighted by atomic mass is 10.2. The smallest absolute Gasteiger partial charge is 0.119 e. The number of carbonyl (C=O) groups excluding carboxylic acids is 1. The normalized spacial score (nSPS) is 19.6. The lowest BCUT2D eigenvalue weighted by Crippen LogP contribution is -1.73. The molecule has 7 heavy (non-hydrogen) atoms. The molecule has 0 aromatic heterocycles. The first kappa shape index (κ1) is 2.29. The van der Waals surface area contributed by atoms with Crippen molar-refractivity contribution in [2.45, 2.75) is 32.5 Å². The molecule has 0 aliphatic rings. The Morgan fingerprint density at radius 3 is 3.29 bits per heavy atom. The van der Waals surface area contributed by atoms with E-state index in [2.05, 4.69) is 0 Å². The van der Waals surface area contributed by atoms with Gasteiger partial charge in [-0.2, -0.15) is 0 Å². The van der Waals surface area contributed by atoms with E-state index in [-0.39, 0.29) is 6.42 Å². The monoisotopic (exact) mass is 104 g/mol. The van der Waals surface area contributed by atoms with Crippen LogP contribution in [0.2, 0.25) is 0 Å². The molecule has 1 nitrogen and oxygen atoms in total. The Kier molecular flexibility index (Phi) is 1.86. The van der Waals surface area contributed by atoms with Gasteiger partial charge in [-0.25, -0.2) is 0 Å². The zero-order valence-electron chi connectivity index (χ0n) is 8.18. The van der Waals surface area contributed by atoms with Gasteiger partial charge < -0.3 is 4.79 Å². The van der Waals surface area contributed by atoms with Crippen LogP contribution in [0.3, 0.4) is 0 Å². The van der Waals surface area contributed by atoms with Crippen molar-refractivity contribution in [3.05, 3.63) is 0 Å². The van der Waals surface area contributed by atoms with Gasteiger partial charge >= 0.3 is 0 Å². The molecule has 0 aromatic rings. The third-order valence-corrected chi connectivity index (χ3v) is 0.643. The van der Waals surface area contributed by atoms with Crippen LogP contribution in [0.5, 0.6) is 0 Å². The molecule has 0 N–H and O–H groups in total. The van der Waals surface area contributed by atoms with Crippen LogP contribution in [-0.4, -0.2) is 6.29 Å². The summed E-state index contributed by atoms with van der Waals surface area (Å²) in [4.78, 5) is 9.84. The molecule has 0 atom stereocenters. The Hall–Kier alpha value is -0.330. The van der Waals surface area contributed by atoms with Crippen LogP contribution in [-0.2, 0) is 4.79 Å². The third kappa shape index (κ3) is 5.67. The van der Waals surface area contributed by atoms with Crippen LogP contribution in [0.4, 0.5) is 0 Å². The fraction of sp³-hybridized carbons (Fsp3) is 0.833. The molecule has 0 spiro atoms. The molecule has 42 valence electrons. The Bertz CT molecular complexity index is 124. The highest BCUT2D eigenvalue weighted by molar-refractivity contribution is 5.48. The van der Waals surface area contributed by atoms with Crippen LogP contribution < -0.4 is 0 Å². The summed E-state index contributed by atoms with van der Waals surface area (Å²) in [6, 6.07) is 0. The van der Waals surface area contributed by atoms with E-state index < -0.39 is 13.2 Å². The lowest BCUT2D eigenvalue weighted by molar-refractivity contribution is -0.107. The summed E-state index contributed by atoms with van der Waals surface area (Å²) >= 11 is 0. The quantitative estimate of drug-likeness (QED) is 0.392. The molecule has 0 heterocycles. The second kappa shape index (κ2) is 5.67. The lowest BCUT2D eigenvalue weighted by Gasteiger charge is -1.85. The molecule has 0 bridgehead atoms. The van der Waals surface area contributed by atoms with E-state index in [0.717, 1.165) is 6.29 Å². The minimum atomic E-state index is -1.77. The van der Waals surface area contributed by atoms with E-state index >= 15 is 0 Å². The van der Waals surface area contributed by atoms with Gasteiger partial charge in [0, 0.05) is 11.9 Å². The average molecular weight is 104 g/mol. The SMILES string of the molecule is [2H]C([2H])C([2H])([2H])CCCC=O. The fourth-order valence-corrected chi connectivity index (χ4v) is 0.287. The van der Waals surface area contributed by atoms with Crippen molar-refractivity contribution in [1.29, 1.82) is 0 Å². The van der Waals surface area contributed by atoms with Crippen LogP contribution in [0.15, 0.2) is 0 Å². The summed E-state index contributed by atoms with van der Waals surface area (Å²) in [5.41, 5.74) is 0. The molecule has 0 radical (unpaired) electrons. The highest BCUT2D eigenvalue weighted by Crippen LogP contribution is 1.94. The Morgan fingerprint density at radius 1 is 1.86 bits per heavy atom. The topological polar surface area (TPSA) is 17.1 Å². The van der Waals surface area contributed by atoms with Gasteiger partial charge in [-0.05, 0) is 6.42 Å². The maximum atomic E-state index is 9.84. The average Bonchev–Trinajstić information content (AvgIpc) is 1.88. The van der Waals surface area contributed by atoms with E-state index in [0.29, 0.717) is 12.8 Å². The molecule has 1 heteroatoms. The van der Waals surface area contributed by atoms with Gasteiger partial charge in [-0.1, -0.05) is 19.7 Å². The van der Waals surface area contributed by atoms with E-state index in [1.165, 1.54) is 0 Å². The van der Waals surface area contributed by atoms with E-state index in [4.69, 9.17) is 5.48 Å². The van der Waals surface area contributed by atoms with Crippen LogP contribution in [0.1, 0.15) is 38.0 Å². The highest BCUT2D eigenvalue weighted by Gasteiger charge is 1.80. The van der Waals surface area contributed by atoms with Crippen molar-refractivity contribution in [2.24, 2.45) is 0 Å². The van der Waals surface area contributed by atoms with Crippen molar-refractivity contribution < 1.29 is 10.3 Å². The highest BCUT2D eigenvalue weighted by atomic mass is 16.1. The number of hydrogen-bond donors (Lipinski definition) is 0. The number of unbranched alkanes of at least 4 members (excludes halogenated alkanes) is 1. The zero-order chi connectivity index (χ0) is 8.91. The first-order valence-corrected chi connectivity index (χ1v) is 2.29. The molecule has 0 unspecified atom stereocenters. The molecule has 0 rings (SSSR count). The van der Waals surface area contributed by atoms with Gasteiger partial charge in [0.25, 0.3) is 0 Å². The summed E-state index contributed by atoms with van der Waals surface area (Å²) in [5, 5.41) is 0. The molecule has 0 saturated carbocycles. The minimum absolute atomic E-state index is 0.114. The van der Waals surface area contributed by atoms with Crippen LogP contribution >= 0.6 is 0 Å². The Balaban J connectivity index is 3.63. The summed E-state index contributed by atoms with van der Waals surface area (Å²) in [6.45, 7) is -1.46. The largest absolute Gasteiger partial charge is 0.303 e. The molecular formula is C6H12O. The second-order valence-corrected chi connectivity index (χ2v) is 1.26.